The van der Waals surface area contributed by atoms with Crippen LogP contribution in [0, 0.1) is 0 Å². The lowest BCUT2D eigenvalue weighted by molar-refractivity contribution is 0.0734. The quantitative estimate of drug-likeness (QED) is 0.726. The molecule has 2 heterocycles. The maximum atomic E-state index is 6.46. The van der Waals surface area contributed by atoms with Gasteiger partial charge in [-0.25, -0.2) is 0 Å². The minimum Gasteiger partial charge on any atom is -0.363 e. The zero-order chi connectivity index (χ0) is 19.8. The molecule has 1 aromatic heterocycles. The summed E-state index contributed by atoms with van der Waals surface area (Å²) < 4.78 is 0. The van der Waals surface area contributed by atoms with Gasteiger partial charge in [-0.3, -0.25) is 9.88 Å². The van der Waals surface area contributed by atoms with Crippen LogP contribution in [0.25, 0.3) is 0 Å². The second kappa shape index (κ2) is 7.62. The van der Waals surface area contributed by atoms with Gasteiger partial charge < -0.3 is 16.4 Å². The lowest BCUT2D eigenvalue weighted by Crippen LogP contribution is -2.51. The van der Waals surface area contributed by atoms with Crippen LogP contribution in [0.4, 0.5) is 11.4 Å². The predicted octanol–water partition coefficient (Wildman–Crippen LogP) is 4.28. The van der Waals surface area contributed by atoms with Gasteiger partial charge in [0.25, 0.3) is 0 Å². The normalized spacial score (nSPS) is 29.1. The molecule has 1 atom stereocenters. The molecule has 154 valence electrons. The van der Waals surface area contributed by atoms with Crippen molar-refractivity contribution in [2.45, 2.75) is 75.7 Å². The Morgan fingerprint density at radius 3 is 2.52 bits per heavy atom. The Labute approximate surface area is 174 Å². The molecule has 1 aromatic carbocycles. The van der Waals surface area contributed by atoms with E-state index in [0.717, 1.165) is 25.8 Å². The van der Waals surface area contributed by atoms with Gasteiger partial charge in [0.05, 0.1) is 23.1 Å². The Balaban J connectivity index is 1.40. The van der Waals surface area contributed by atoms with Crippen LogP contribution in [-0.4, -0.2) is 34.2 Å². The van der Waals surface area contributed by atoms with Gasteiger partial charge in [-0.05, 0) is 75.6 Å². The summed E-state index contributed by atoms with van der Waals surface area (Å²) >= 11 is 0. The zero-order valence-electron chi connectivity index (χ0n) is 17.4. The molecule has 5 heteroatoms. The highest BCUT2D eigenvalue weighted by Gasteiger charge is 2.37. The Kier molecular flexibility index (Phi) is 4.96. The molecule has 1 fully saturated rings. The zero-order valence-corrected chi connectivity index (χ0v) is 17.4. The number of hydrogen-bond acceptors (Lipinski definition) is 5. The molecule has 0 spiro atoms. The number of hydrogen-bond donors (Lipinski definition) is 3. The van der Waals surface area contributed by atoms with Crippen LogP contribution in [0.3, 0.4) is 0 Å². The highest BCUT2D eigenvalue weighted by molar-refractivity contribution is 5.74. The highest BCUT2D eigenvalue weighted by atomic mass is 15.3. The highest BCUT2D eigenvalue weighted by Crippen LogP contribution is 2.39. The van der Waals surface area contributed by atoms with Gasteiger partial charge in [0.1, 0.15) is 6.17 Å². The van der Waals surface area contributed by atoms with E-state index in [-0.39, 0.29) is 11.7 Å². The third-order valence-corrected chi connectivity index (χ3v) is 7.11. The Hall–Kier alpha value is -2.11. The van der Waals surface area contributed by atoms with Crippen molar-refractivity contribution in [1.29, 1.82) is 0 Å². The molecule has 5 nitrogen and oxygen atoms in total. The molecule has 4 N–H and O–H groups in total. The number of anilines is 2. The van der Waals surface area contributed by atoms with Gasteiger partial charge in [0.2, 0.25) is 0 Å². The van der Waals surface area contributed by atoms with Gasteiger partial charge in [0.15, 0.2) is 0 Å². The van der Waals surface area contributed by atoms with Crippen LogP contribution >= 0.6 is 0 Å². The Morgan fingerprint density at radius 1 is 1.07 bits per heavy atom. The van der Waals surface area contributed by atoms with Crippen LogP contribution in [-0.2, 0) is 6.42 Å². The number of para-hydroxylation sites is 2. The first-order valence-corrected chi connectivity index (χ1v) is 11.2. The minimum absolute atomic E-state index is 0.00894. The Morgan fingerprint density at radius 2 is 1.79 bits per heavy atom. The summed E-state index contributed by atoms with van der Waals surface area (Å²) in [6, 6.07) is 13.8. The molecule has 0 saturated heterocycles. The van der Waals surface area contributed by atoms with Crippen LogP contribution in [0.2, 0.25) is 0 Å². The van der Waals surface area contributed by atoms with E-state index in [0.29, 0.717) is 12.1 Å². The van der Waals surface area contributed by atoms with E-state index in [2.05, 4.69) is 58.9 Å². The van der Waals surface area contributed by atoms with Crippen molar-refractivity contribution in [1.82, 2.24) is 9.88 Å². The molecular formula is C24H33N5. The molecule has 0 bridgehead atoms. The molecule has 0 amide bonds. The van der Waals surface area contributed by atoms with Gasteiger partial charge in [0, 0.05) is 24.3 Å². The maximum Gasteiger partial charge on any atom is 0.110 e. The number of rotatable bonds is 4. The topological polar surface area (TPSA) is 66.2 Å². The number of benzene rings is 1. The lowest BCUT2D eigenvalue weighted by atomic mass is 9.79. The monoisotopic (exact) mass is 391 g/mol. The fraction of sp³-hybridized carbons (Fsp3) is 0.542. The van der Waals surface area contributed by atoms with Crippen molar-refractivity contribution in [3.63, 3.8) is 0 Å². The van der Waals surface area contributed by atoms with E-state index in [1.54, 1.807) is 0 Å². The summed E-state index contributed by atoms with van der Waals surface area (Å²) in [5, 5.41) is 7.37. The first-order chi connectivity index (χ1) is 14.1. The first-order valence-electron chi connectivity index (χ1n) is 11.2. The smallest absolute Gasteiger partial charge is 0.110 e. The summed E-state index contributed by atoms with van der Waals surface area (Å²) in [6.07, 6.45) is 10.3. The average Bonchev–Trinajstić information content (AvgIpc) is 3.15. The van der Waals surface area contributed by atoms with Crippen LogP contribution in [0.5, 0.6) is 0 Å². The average molecular weight is 392 g/mol. The summed E-state index contributed by atoms with van der Waals surface area (Å²) in [6.45, 7) is 3.18. The second-order valence-electron chi connectivity index (χ2n) is 9.42. The minimum atomic E-state index is -0.00894. The lowest BCUT2D eigenvalue weighted by Gasteiger charge is -2.45. The van der Waals surface area contributed by atoms with E-state index in [9.17, 15) is 0 Å². The number of pyridine rings is 1. The molecular weight excluding hydrogens is 358 g/mol. The molecule has 5 rings (SSSR count). The van der Waals surface area contributed by atoms with E-state index < -0.39 is 0 Å². The number of nitrogens with two attached hydrogens (primary N) is 1. The Bertz CT molecular complexity index is 829. The van der Waals surface area contributed by atoms with Crippen molar-refractivity contribution in [2.75, 3.05) is 17.2 Å². The molecule has 1 unspecified atom stereocenters. The third-order valence-electron chi connectivity index (χ3n) is 7.11. The van der Waals surface area contributed by atoms with Crippen molar-refractivity contribution >= 4 is 11.4 Å². The van der Waals surface area contributed by atoms with Crippen molar-refractivity contribution in [3.05, 3.63) is 53.9 Å². The summed E-state index contributed by atoms with van der Waals surface area (Å²) in [5.74, 6) is 0. The van der Waals surface area contributed by atoms with Crippen molar-refractivity contribution < 1.29 is 0 Å². The van der Waals surface area contributed by atoms with Gasteiger partial charge >= 0.3 is 0 Å². The molecule has 0 radical (unpaired) electrons. The van der Waals surface area contributed by atoms with Crippen LogP contribution in [0.1, 0.15) is 62.7 Å². The van der Waals surface area contributed by atoms with E-state index >= 15 is 0 Å². The predicted molar refractivity (Wildman–Crippen MR) is 119 cm³/mol. The van der Waals surface area contributed by atoms with Gasteiger partial charge in [-0.15, -0.1) is 0 Å². The van der Waals surface area contributed by atoms with E-state index in [1.165, 1.54) is 48.3 Å². The molecule has 2 aliphatic carbocycles. The molecule has 1 saturated carbocycles. The van der Waals surface area contributed by atoms with E-state index in [4.69, 9.17) is 10.7 Å². The van der Waals surface area contributed by atoms with Crippen LogP contribution < -0.4 is 16.4 Å². The third kappa shape index (κ3) is 3.86. The molecule has 1 aliphatic heterocycles. The van der Waals surface area contributed by atoms with Gasteiger partial charge in [-0.1, -0.05) is 18.2 Å². The van der Waals surface area contributed by atoms with Crippen molar-refractivity contribution in [2.24, 2.45) is 5.73 Å². The SMILES string of the molecule is CC1(N)CCC(N(CC2Nc3ccccc3N2)C2CCCc3cccnc32)CC1. The van der Waals surface area contributed by atoms with Crippen LogP contribution in [0.15, 0.2) is 42.6 Å². The summed E-state index contributed by atoms with van der Waals surface area (Å²) in [4.78, 5) is 7.60. The molecule has 29 heavy (non-hydrogen) atoms. The van der Waals surface area contributed by atoms with Crippen molar-refractivity contribution in [3.8, 4) is 0 Å². The molecule has 2 aromatic rings. The number of nitrogens with zero attached hydrogens (tertiary/aromatic N) is 2. The van der Waals surface area contributed by atoms with E-state index in [1.807, 2.05) is 6.20 Å². The number of aryl methyl sites for hydroxylation is 1. The summed E-state index contributed by atoms with van der Waals surface area (Å²) in [7, 11) is 0. The molecule has 3 aliphatic rings. The van der Waals surface area contributed by atoms with Gasteiger partial charge in [-0.2, -0.15) is 0 Å². The number of nitrogens with one attached hydrogen (secondary N) is 2. The maximum absolute atomic E-state index is 6.46. The standard InChI is InChI=1S/C24H33N5/c1-24(25)13-11-18(12-14-24)29(16-22-27-19-8-2-3-9-20(19)28-22)21-10-4-6-17-7-5-15-26-23(17)21/h2-3,5,7-9,15,18,21-22,27-28H,4,6,10-14,16,25H2,1H3. The number of fused-ring (bicyclic) bond motifs is 2. The second-order valence-corrected chi connectivity index (χ2v) is 9.42. The largest absolute Gasteiger partial charge is 0.363 e. The fourth-order valence-electron chi connectivity index (χ4n) is 5.48. The summed E-state index contributed by atoms with van der Waals surface area (Å²) in [5.41, 5.74) is 11.6. The fourth-order valence-corrected chi connectivity index (χ4v) is 5.48. The first kappa shape index (κ1) is 18.9. The number of aromatic nitrogens is 1.